The van der Waals surface area contributed by atoms with Crippen LogP contribution in [0.1, 0.15) is 27.7 Å². The lowest BCUT2D eigenvalue weighted by atomic mass is 10.1. The van der Waals surface area contributed by atoms with Gasteiger partial charge in [-0.25, -0.2) is 0 Å². The molecule has 0 radical (unpaired) electrons. The van der Waals surface area contributed by atoms with E-state index < -0.39 is 0 Å². The molecule has 0 aliphatic carbocycles. The van der Waals surface area contributed by atoms with Gasteiger partial charge in [-0.05, 0) is 36.6 Å². The van der Waals surface area contributed by atoms with Gasteiger partial charge in [0.05, 0.1) is 20.3 Å². The quantitative estimate of drug-likeness (QED) is 0.576. The van der Waals surface area contributed by atoms with E-state index in [1.807, 2.05) is 18.2 Å². The first kappa shape index (κ1) is 14.8. The lowest BCUT2D eigenvalue weighted by Gasteiger charge is -2.10. The van der Waals surface area contributed by atoms with Crippen LogP contribution in [0.5, 0.6) is 5.75 Å². The van der Waals surface area contributed by atoms with Crippen LogP contribution < -0.4 is 4.74 Å². The average molecular weight is 290 g/mol. The number of rotatable bonds is 7. The summed E-state index contributed by atoms with van der Waals surface area (Å²) >= 11 is 1.73. The highest BCUT2D eigenvalue weighted by Crippen LogP contribution is 2.21. The Bertz CT molecular complexity index is 561. The number of thiophene rings is 1. The third-order valence-electron chi connectivity index (χ3n) is 3.02. The Balaban J connectivity index is 1.93. The summed E-state index contributed by atoms with van der Waals surface area (Å²) in [7, 11) is 1.62. The average Bonchev–Trinajstić information content (AvgIpc) is 2.96. The van der Waals surface area contributed by atoms with Crippen LogP contribution in [-0.2, 0) is 17.8 Å². The van der Waals surface area contributed by atoms with Crippen molar-refractivity contribution in [3.05, 3.63) is 51.7 Å². The van der Waals surface area contributed by atoms with Gasteiger partial charge in [-0.1, -0.05) is 6.07 Å². The van der Waals surface area contributed by atoms with E-state index in [1.165, 1.54) is 4.88 Å². The minimum absolute atomic E-state index is 0.0486. The Morgan fingerprint density at radius 3 is 2.80 bits per heavy atom. The van der Waals surface area contributed by atoms with Crippen molar-refractivity contribution in [2.24, 2.45) is 0 Å². The molecular weight excluding hydrogens is 272 g/mol. The number of Topliss-reactive ketones (excluding diaryl/α,β-unsaturated/α-hetero) is 1. The van der Waals surface area contributed by atoms with Crippen LogP contribution in [-0.4, -0.2) is 19.5 Å². The number of methoxy groups -OCH3 is 1. The van der Waals surface area contributed by atoms with Crippen LogP contribution in [0, 0.1) is 0 Å². The summed E-state index contributed by atoms with van der Waals surface area (Å²) in [5.41, 5.74) is 1.59. The SMILES string of the molecule is COc1ccc(C(C)=O)cc1COCCc1cccs1. The molecule has 0 fully saturated rings. The molecule has 3 nitrogen and oxygen atoms in total. The zero-order chi connectivity index (χ0) is 14.4. The predicted octanol–water partition coefficient (Wildman–Crippen LogP) is 3.72. The standard InChI is InChI=1S/C16H18O3S/c1-12(17)13-5-6-16(18-2)14(10-13)11-19-8-7-15-4-3-9-20-15/h3-6,9-10H,7-8,11H2,1-2H3. The van der Waals surface area contributed by atoms with Crippen LogP contribution >= 0.6 is 11.3 Å². The lowest BCUT2D eigenvalue weighted by molar-refractivity contribution is 0.101. The fraction of sp³-hybridized carbons (Fsp3) is 0.312. The Morgan fingerprint density at radius 1 is 1.30 bits per heavy atom. The molecule has 1 heterocycles. The van der Waals surface area contributed by atoms with Crippen LogP contribution in [0.3, 0.4) is 0 Å². The molecule has 106 valence electrons. The lowest BCUT2D eigenvalue weighted by Crippen LogP contribution is -2.02. The largest absolute Gasteiger partial charge is 0.496 e. The molecule has 20 heavy (non-hydrogen) atoms. The van der Waals surface area contributed by atoms with Crippen LogP contribution in [0.25, 0.3) is 0 Å². The van der Waals surface area contributed by atoms with Gasteiger partial charge in [-0.2, -0.15) is 0 Å². The molecule has 0 amide bonds. The predicted molar refractivity (Wildman–Crippen MR) is 80.7 cm³/mol. The third-order valence-corrected chi connectivity index (χ3v) is 3.95. The summed E-state index contributed by atoms with van der Waals surface area (Å²) in [5.74, 6) is 0.804. The molecule has 0 saturated heterocycles. The van der Waals surface area contributed by atoms with Crippen LogP contribution in [0.15, 0.2) is 35.7 Å². The second-order valence-electron chi connectivity index (χ2n) is 4.46. The summed E-state index contributed by atoms with van der Waals surface area (Å²) in [4.78, 5) is 12.7. The molecule has 0 aliphatic rings. The van der Waals surface area contributed by atoms with E-state index in [4.69, 9.17) is 9.47 Å². The Morgan fingerprint density at radius 2 is 2.15 bits per heavy atom. The highest BCUT2D eigenvalue weighted by molar-refractivity contribution is 7.09. The Hall–Kier alpha value is -1.65. The van der Waals surface area contributed by atoms with Crippen molar-refractivity contribution in [2.75, 3.05) is 13.7 Å². The molecule has 0 unspecified atom stereocenters. The summed E-state index contributed by atoms with van der Waals surface area (Å²) in [6.07, 6.45) is 0.909. The number of ketones is 1. The van der Waals surface area contributed by atoms with E-state index in [9.17, 15) is 4.79 Å². The summed E-state index contributed by atoms with van der Waals surface area (Å²) in [6.45, 7) is 2.67. The second kappa shape index (κ2) is 7.22. The van der Waals surface area contributed by atoms with E-state index in [0.29, 0.717) is 18.8 Å². The summed E-state index contributed by atoms with van der Waals surface area (Å²) in [5, 5.41) is 2.06. The highest BCUT2D eigenvalue weighted by atomic mass is 32.1. The topological polar surface area (TPSA) is 35.5 Å². The van der Waals surface area contributed by atoms with Crippen molar-refractivity contribution in [3.63, 3.8) is 0 Å². The minimum atomic E-state index is 0.0486. The van der Waals surface area contributed by atoms with Gasteiger partial charge in [0.1, 0.15) is 5.75 Å². The van der Waals surface area contributed by atoms with E-state index in [0.717, 1.165) is 17.7 Å². The van der Waals surface area contributed by atoms with Gasteiger partial charge < -0.3 is 9.47 Å². The number of carbonyl (C=O) groups is 1. The molecule has 4 heteroatoms. The van der Waals surface area contributed by atoms with Crippen molar-refractivity contribution in [1.29, 1.82) is 0 Å². The number of hydrogen-bond acceptors (Lipinski definition) is 4. The van der Waals surface area contributed by atoms with Crippen molar-refractivity contribution in [3.8, 4) is 5.75 Å². The maximum atomic E-state index is 11.4. The highest BCUT2D eigenvalue weighted by Gasteiger charge is 2.07. The van der Waals surface area contributed by atoms with Gasteiger partial charge in [-0.15, -0.1) is 11.3 Å². The van der Waals surface area contributed by atoms with Gasteiger partial charge >= 0.3 is 0 Å². The summed E-state index contributed by atoms with van der Waals surface area (Å²) in [6, 6.07) is 9.57. The van der Waals surface area contributed by atoms with E-state index in [1.54, 1.807) is 31.4 Å². The molecule has 0 aliphatic heterocycles. The normalized spacial score (nSPS) is 10.5. The number of benzene rings is 1. The maximum absolute atomic E-state index is 11.4. The molecule has 0 bridgehead atoms. The van der Waals surface area contributed by atoms with Crippen LogP contribution in [0.4, 0.5) is 0 Å². The van der Waals surface area contributed by atoms with E-state index in [2.05, 4.69) is 11.4 Å². The number of hydrogen-bond donors (Lipinski definition) is 0. The van der Waals surface area contributed by atoms with Gasteiger partial charge in [0, 0.05) is 22.4 Å². The molecular formula is C16H18O3S. The summed E-state index contributed by atoms with van der Waals surface area (Å²) < 4.78 is 11.0. The second-order valence-corrected chi connectivity index (χ2v) is 5.50. The van der Waals surface area contributed by atoms with Crippen molar-refractivity contribution in [2.45, 2.75) is 20.0 Å². The van der Waals surface area contributed by atoms with Gasteiger partial charge in [-0.3, -0.25) is 4.79 Å². The monoisotopic (exact) mass is 290 g/mol. The Kier molecular flexibility index (Phi) is 5.32. The van der Waals surface area contributed by atoms with Crippen molar-refractivity contribution in [1.82, 2.24) is 0 Å². The number of ether oxygens (including phenoxy) is 2. The first-order chi connectivity index (χ1) is 9.70. The first-order valence-corrected chi connectivity index (χ1v) is 7.36. The van der Waals surface area contributed by atoms with Crippen molar-refractivity contribution >= 4 is 17.1 Å². The zero-order valence-corrected chi connectivity index (χ0v) is 12.5. The third kappa shape index (κ3) is 3.92. The zero-order valence-electron chi connectivity index (χ0n) is 11.7. The molecule has 2 aromatic rings. The minimum Gasteiger partial charge on any atom is -0.496 e. The Labute approximate surface area is 123 Å². The van der Waals surface area contributed by atoms with E-state index >= 15 is 0 Å². The van der Waals surface area contributed by atoms with Gasteiger partial charge in [0.15, 0.2) is 5.78 Å². The molecule has 0 atom stereocenters. The molecule has 2 rings (SSSR count). The first-order valence-electron chi connectivity index (χ1n) is 6.48. The van der Waals surface area contributed by atoms with Crippen molar-refractivity contribution < 1.29 is 14.3 Å². The fourth-order valence-corrected chi connectivity index (χ4v) is 2.61. The maximum Gasteiger partial charge on any atom is 0.159 e. The molecule has 1 aromatic carbocycles. The fourth-order valence-electron chi connectivity index (χ4n) is 1.92. The molecule has 1 aromatic heterocycles. The molecule has 0 saturated carbocycles. The molecule has 0 N–H and O–H groups in total. The smallest absolute Gasteiger partial charge is 0.159 e. The number of carbonyl (C=O) groups excluding carboxylic acids is 1. The van der Waals surface area contributed by atoms with Crippen LogP contribution in [0.2, 0.25) is 0 Å². The van der Waals surface area contributed by atoms with E-state index in [-0.39, 0.29) is 5.78 Å². The molecule has 0 spiro atoms. The van der Waals surface area contributed by atoms with Gasteiger partial charge in [0.25, 0.3) is 0 Å². The van der Waals surface area contributed by atoms with Gasteiger partial charge in [0.2, 0.25) is 0 Å².